The van der Waals surface area contributed by atoms with Crippen LogP contribution in [0.1, 0.15) is 63.0 Å². The van der Waals surface area contributed by atoms with Crippen LogP contribution in [0.15, 0.2) is 33.7 Å². The molecule has 1 aliphatic heterocycles. The van der Waals surface area contributed by atoms with Gasteiger partial charge in [-0.05, 0) is 61.8 Å². The second kappa shape index (κ2) is 11.2. The van der Waals surface area contributed by atoms with E-state index in [1.54, 1.807) is 26.2 Å². The Bertz CT molecular complexity index is 1180. The number of aromatic nitrogens is 1. The summed E-state index contributed by atoms with van der Waals surface area (Å²) in [4.78, 5) is 13.0. The van der Waals surface area contributed by atoms with Crippen LogP contribution in [0, 0.1) is 24.7 Å². The molecule has 4 rings (SSSR count). The molecule has 8 nitrogen and oxygen atoms in total. The fourth-order valence-electron chi connectivity index (χ4n) is 5.26. The molecular weight excluding hydrogens is 478 g/mol. The van der Waals surface area contributed by atoms with Gasteiger partial charge < -0.3 is 14.6 Å². The number of carbonyl (C=O) groups excluding carboxylic acids is 1. The molecule has 1 N–H and O–H groups in total. The van der Waals surface area contributed by atoms with E-state index >= 15 is 0 Å². The number of piperidine rings is 1. The highest BCUT2D eigenvalue weighted by molar-refractivity contribution is 7.89. The number of hydrogen-bond acceptors (Lipinski definition) is 6. The predicted molar refractivity (Wildman–Crippen MR) is 139 cm³/mol. The Kier molecular flexibility index (Phi) is 8.20. The number of benzene rings is 1. The highest BCUT2D eigenvalue weighted by Gasteiger charge is 2.37. The second-order valence-electron chi connectivity index (χ2n) is 10.1. The number of hydrogen-bond donors (Lipinski definition) is 1. The van der Waals surface area contributed by atoms with Gasteiger partial charge in [0.2, 0.25) is 15.9 Å². The molecule has 2 aliphatic rings. The molecular formula is C27H37N3O5S. The summed E-state index contributed by atoms with van der Waals surface area (Å²) in [7, 11) is -2.21. The first-order valence-electron chi connectivity index (χ1n) is 12.8. The third-order valence-electron chi connectivity index (χ3n) is 7.83. The zero-order valence-electron chi connectivity index (χ0n) is 21.6. The van der Waals surface area contributed by atoms with E-state index in [2.05, 4.69) is 24.3 Å². The number of nitrogens with zero attached hydrogens (tertiary/aromatic N) is 2. The maximum absolute atomic E-state index is 13.5. The summed E-state index contributed by atoms with van der Waals surface area (Å²) >= 11 is 0. The van der Waals surface area contributed by atoms with Crippen LogP contribution in [0.5, 0.6) is 5.75 Å². The fourth-order valence-corrected chi connectivity index (χ4v) is 6.98. The van der Waals surface area contributed by atoms with Crippen LogP contribution in [-0.4, -0.2) is 50.0 Å². The van der Waals surface area contributed by atoms with Gasteiger partial charge in [0, 0.05) is 25.0 Å². The normalized spacial score (nSPS) is 24.2. The fraction of sp³-hybridized carbons (Fsp3) is 0.556. The number of nitrogens with one attached hydrogen (secondary N) is 1. The standard InChI is InChI=1S/C27H37N3O5S/c1-18-6-5-7-24(19(18)2)28-27(31)22-14-16-30(17-15-22)36(32,33)26-20(3)29-35-25(26)13-10-21-8-11-23(34-4)12-9-21/h8-13,18-19,22,24H,5-7,14-17H2,1-4H3,(H,28,31). The predicted octanol–water partition coefficient (Wildman–Crippen LogP) is 4.50. The van der Waals surface area contributed by atoms with Gasteiger partial charge in [0.15, 0.2) is 10.7 Å². The first kappa shape index (κ1) is 26.4. The molecule has 9 heteroatoms. The number of aryl methyl sites for hydroxylation is 1. The van der Waals surface area contributed by atoms with Crippen LogP contribution in [0.25, 0.3) is 12.2 Å². The van der Waals surface area contributed by atoms with Gasteiger partial charge in [-0.25, -0.2) is 8.42 Å². The van der Waals surface area contributed by atoms with Gasteiger partial charge in [-0.3, -0.25) is 4.79 Å². The van der Waals surface area contributed by atoms with Crippen LogP contribution < -0.4 is 10.1 Å². The zero-order chi connectivity index (χ0) is 25.9. The van der Waals surface area contributed by atoms with Crippen molar-refractivity contribution in [3.63, 3.8) is 0 Å². The van der Waals surface area contributed by atoms with E-state index in [4.69, 9.17) is 9.26 Å². The summed E-state index contributed by atoms with van der Waals surface area (Å²) < 4.78 is 39.1. The summed E-state index contributed by atoms with van der Waals surface area (Å²) in [6.07, 6.45) is 7.78. The Morgan fingerprint density at radius 3 is 2.47 bits per heavy atom. The second-order valence-corrected chi connectivity index (χ2v) is 12.0. The lowest BCUT2D eigenvalue weighted by Crippen LogP contribution is -2.48. The largest absolute Gasteiger partial charge is 0.497 e. The first-order valence-corrected chi connectivity index (χ1v) is 14.2. The molecule has 1 saturated heterocycles. The van der Waals surface area contributed by atoms with Gasteiger partial charge in [0.05, 0.1) is 7.11 Å². The minimum atomic E-state index is -3.81. The van der Waals surface area contributed by atoms with E-state index in [9.17, 15) is 13.2 Å². The molecule has 0 spiro atoms. The van der Waals surface area contributed by atoms with Crippen molar-refractivity contribution >= 4 is 28.1 Å². The van der Waals surface area contributed by atoms with Crippen LogP contribution in [0.2, 0.25) is 0 Å². The molecule has 0 radical (unpaired) electrons. The zero-order valence-corrected chi connectivity index (χ0v) is 22.4. The van der Waals surface area contributed by atoms with Crippen molar-refractivity contribution in [2.75, 3.05) is 20.2 Å². The van der Waals surface area contributed by atoms with E-state index in [0.29, 0.717) is 43.5 Å². The summed E-state index contributed by atoms with van der Waals surface area (Å²) in [6, 6.07) is 7.62. The van der Waals surface area contributed by atoms with Crippen LogP contribution in [0.4, 0.5) is 0 Å². The van der Waals surface area contributed by atoms with Gasteiger partial charge in [-0.2, -0.15) is 4.31 Å². The quantitative estimate of drug-likeness (QED) is 0.582. The molecule has 2 heterocycles. The third kappa shape index (κ3) is 5.67. The molecule has 1 aromatic heterocycles. The van der Waals surface area contributed by atoms with E-state index < -0.39 is 10.0 Å². The Balaban J connectivity index is 1.41. The van der Waals surface area contributed by atoms with Crippen molar-refractivity contribution in [2.45, 2.75) is 63.8 Å². The molecule has 1 aromatic carbocycles. The molecule has 1 saturated carbocycles. The van der Waals surface area contributed by atoms with Crippen molar-refractivity contribution < 1.29 is 22.5 Å². The molecule has 196 valence electrons. The van der Waals surface area contributed by atoms with Gasteiger partial charge >= 0.3 is 0 Å². The van der Waals surface area contributed by atoms with Crippen molar-refractivity contribution in [2.24, 2.45) is 17.8 Å². The smallest absolute Gasteiger partial charge is 0.248 e. The average Bonchev–Trinajstić information content (AvgIpc) is 3.27. The Labute approximate surface area is 214 Å². The van der Waals surface area contributed by atoms with Crippen LogP contribution >= 0.6 is 0 Å². The van der Waals surface area contributed by atoms with Gasteiger partial charge in [-0.15, -0.1) is 0 Å². The summed E-state index contributed by atoms with van der Waals surface area (Å²) in [5, 5.41) is 7.18. The van der Waals surface area contributed by atoms with Crippen molar-refractivity contribution in [1.29, 1.82) is 0 Å². The average molecular weight is 516 g/mol. The van der Waals surface area contributed by atoms with Crippen molar-refractivity contribution in [3.05, 3.63) is 41.3 Å². The topological polar surface area (TPSA) is 102 Å². The number of sulfonamides is 1. The van der Waals surface area contributed by atoms with E-state index in [0.717, 1.165) is 24.2 Å². The van der Waals surface area contributed by atoms with Crippen LogP contribution in [-0.2, 0) is 14.8 Å². The number of carbonyl (C=O) groups is 1. The Hall–Kier alpha value is -2.65. The molecule has 3 unspecified atom stereocenters. The maximum Gasteiger partial charge on any atom is 0.248 e. The van der Waals surface area contributed by atoms with Crippen molar-refractivity contribution in [1.82, 2.24) is 14.8 Å². The SMILES string of the molecule is COc1ccc(C=Cc2onc(C)c2S(=O)(=O)N2CCC(C(=O)NC3CCCC(C)C3C)CC2)cc1. The summed E-state index contributed by atoms with van der Waals surface area (Å²) in [5.74, 6) is 1.90. The summed E-state index contributed by atoms with van der Waals surface area (Å²) in [6.45, 7) is 6.69. The maximum atomic E-state index is 13.5. The number of rotatable bonds is 7. The Morgan fingerprint density at radius 2 is 1.81 bits per heavy atom. The molecule has 3 atom stereocenters. The van der Waals surface area contributed by atoms with Gasteiger partial charge in [0.25, 0.3) is 0 Å². The van der Waals surface area contributed by atoms with Gasteiger partial charge in [0.1, 0.15) is 11.4 Å². The van der Waals surface area contributed by atoms with Crippen LogP contribution in [0.3, 0.4) is 0 Å². The minimum absolute atomic E-state index is 0.0577. The van der Waals surface area contributed by atoms with Gasteiger partial charge in [-0.1, -0.05) is 50.1 Å². The minimum Gasteiger partial charge on any atom is -0.497 e. The lowest BCUT2D eigenvalue weighted by molar-refractivity contribution is -0.127. The molecule has 1 aliphatic carbocycles. The third-order valence-corrected chi connectivity index (χ3v) is 9.89. The van der Waals surface area contributed by atoms with E-state index in [1.165, 1.54) is 10.7 Å². The lowest BCUT2D eigenvalue weighted by Gasteiger charge is -2.36. The molecule has 0 bridgehead atoms. The van der Waals surface area contributed by atoms with Crippen molar-refractivity contribution in [3.8, 4) is 5.75 Å². The lowest BCUT2D eigenvalue weighted by atomic mass is 9.78. The molecule has 36 heavy (non-hydrogen) atoms. The Morgan fingerprint density at radius 1 is 1.11 bits per heavy atom. The number of methoxy groups -OCH3 is 1. The number of ether oxygens (including phenoxy) is 1. The first-order chi connectivity index (χ1) is 17.2. The number of amides is 1. The van der Waals surface area contributed by atoms with E-state index in [-0.39, 0.29) is 28.5 Å². The molecule has 1 amide bonds. The monoisotopic (exact) mass is 515 g/mol. The highest BCUT2D eigenvalue weighted by atomic mass is 32.2. The molecule has 2 fully saturated rings. The summed E-state index contributed by atoms with van der Waals surface area (Å²) in [5.41, 5.74) is 1.20. The highest BCUT2D eigenvalue weighted by Crippen LogP contribution is 2.32. The van der Waals surface area contributed by atoms with E-state index in [1.807, 2.05) is 24.3 Å². The molecule has 2 aromatic rings.